The second kappa shape index (κ2) is 9.77. The Labute approximate surface area is 194 Å². The molecule has 2 aromatic rings. The molecule has 0 amide bonds. The summed E-state index contributed by atoms with van der Waals surface area (Å²) in [5, 5.41) is 17.3. The van der Waals surface area contributed by atoms with Crippen LogP contribution in [0.2, 0.25) is 0 Å². The molecule has 1 fully saturated rings. The van der Waals surface area contributed by atoms with E-state index in [1.165, 1.54) is 42.2 Å². The smallest absolute Gasteiger partial charge is 0.262 e. The fourth-order valence-corrected chi connectivity index (χ4v) is 4.44. The highest BCUT2D eigenvalue weighted by Gasteiger charge is 2.19. The zero-order valence-electron chi connectivity index (χ0n) is 19.7. The molecule has 1 saturated carbocycles. The van der Waals surface area contributed by atoms with Crippen molar-refractivity contribution < 1.29 is 5.11 Å². The van der Waals surface area contributed by atoms with Crippen molar-refractivity contribution in [1.82, 2.24) is 9.55 Å². The second-order valence-electron chi connectivity index (χ2n) is 9.79. The molecule has 0 atom stereocenters. The van der Waals surface area contributed by atoms with E-state index in [1.807, 2.05) is 39.0 Å². The van der Waals surface area contributed by atoms with Gasteiger partial charge in [0.05, 0.1) is 18.2 Å². The number of rotatable bonds is 5. The first-order valence-corrected chi connectivity index (χ1v) is 11.7. The number of hydrogen-bond donors (Lipinski definition) is 3. The van der Waals surface area contributed by atoms with Gasteiger partial charge < -0.3 is 20.3 Å². The number of nitrogens with one attached hydrogen (secondary N) is 2. The lowest BCUT2D eigenvalue weighted by atomic mass is 9.83. The first-order chi connectivity index (χ1) is 15.8. The van der Waals surface area contributed by atoms with Crippen molar-refractivity contribution in [3.63, 3.8) is 0 Å². The van der Waals surface area contributed by atoms with E-state index in [-0.39, 0.29) is 24.2 Å². The van der Waals surface area contributed by atoms with Crippen LogP contribution in [0, 0.1) is 5.92 Å². The number of amidine groups is 1. The van der Waals surface area contributed by atoms with Crippen LogP contribution in [0.15, 0.2) is 57.8 Å². The lowest BCUT2D eigenvalue weighted by Crippen LogP contribution is -2.29. The lowest BCUT2D eigenvalue weighted by molar-refractivity contribution is 0.274. The Morgan fingerprint density at radius 1 is 1.24 bits per heavy atom. The minimum atomic E-state index is -0.289. The molecule has 0 unspecified atom stereocenters. The number of aliphatic hydroxyl groups excluding tert-OH is 1. The number of aromatic nitrogens is 2. The highest BCUT2D eigenvalue weighted by molar-refractivity contribution is 6.06. The van der Waals surface area contributed by atoms with Crippen LogP contribution >= 0.6 is 0 Å². The Bertz CT molecular complexity index is 1200. The van der Waals surface area contributed by atoms with Gasteiger partial charge in [-0.3, -0.25) is 4.79 Å². The van der Waals surface area contributed by atoms with Crippen LogP contribution in [0.25, 0.3) is 10.8 Å². The Kier molecular flexibility index (Phi) is 6.82. The van der Waals surface area contributed by atoms with Gasteiger partial charge in [-0.05, 0) is 74.8 Å². The van der Waals surface area contributed by atoms with Crippen molar-refractivity contribution in [2.24, 2.45) is 10.9 Å². The molecule has 4 rings (SSSR count). The SMILES string of the molecule is CC(C)(C)Nc1nc(NC2=NC=C=CC(C3CCCCC3)=C2)cc2ccn(CCO)c(=O)c12. The average molecular weight is 448 g/mol. The van der Waals surface area contributed by atoms with E-state index in [0.717, 1.165) is 5.39 Å². The molecule has 0 spiro atoms. The lowest BCUT2D eigenvalue weighted by Gasteiger charge is -2.23. The largest absolute Gasteiger partial charge is 0.395 e. The van der Waals surface area contributed by atoms with Crippen LogP contribution in [0.5, 0.6) is 0 Å². The van der Waals surface area contributed by atoms with Crippen LogP contribution in [-0.4, -0.2) is 32.6 Å². The number of allylic oxidation sites excluding steroid dienone is 2. The van der Waals surface area contributed by atoms with E-state index < -0.39 is 0 Å². The topological polar surface area (TPSA) is 91.5 Å². The van der Waals surface area contributed by atoms with Crippen LogP contribution in [0.3, 0.4) is 0 Å². The van der Waals surface area contributed by atoms with Gasteiger partial charge in [-0.1, -0.05) is 19.3 Å². The first kappa shape index (κ1) is 23.0. The van der Waals surface area contributed by atoms with E-state index in [2.05, 4.69) is 27.4 Å². The van der Waals surface area contributed by atoms with Crippen LogP contribution in [0.4, 0.5) is 11.6 Å². The predicted molar refractivity (Wildman–Crippen MR) is 135 cm³/mol. The maximum atomic E-state index is 13.1. The van der Waals surface area contributed by atoms with Crippen molar-refractivity contribution >= 4 is 28.2 Å². The molecule has 3 N–H and O–H groups in total. The van der Waals surface area contributed by atoms with E-state index in [1.54, 1.807) is 12.4 Å². The number of aliphatic imine (C=N–C) groups is 1. The molecule has 33 heavy (non-hydrogen) atoms. The predicted octanol–water partition coefficient (Wildman–Crippen LogP) is 4.60. The van der Waals surface area contributed by atoms with Crippen LogP contribution < -0.4 is 16.2 Å². The normalized spacial score (nSPS) is 17.0. The summed E-state index contributed by atoms with van der Waals surface area (Å²) < 4.78 is 1.51. The molecule has 1 aliphatic carbocycles. The minimum absolute atomic E-state index is 0.0996. The summed E-state index contributed by atoms with van der Waals surface area (Å²) >= 11 is 0. The van der Waals surface area contributed by atoms with E-state index in [0.29, 0.717) is 28.8 Å². The zero-order chi connectivity index (χ0) is 23.4. The second-order valence-corrected chi connectivity index (χ2v) is 9.79. The minimum Gasteiger partial charge on any atom is -0.395 e. The third-order valence-corrected chi connectivity index (χ3v) is 5.96. The van der Waals surface area contributed by atoms with E-state index in [4.69, 9.17) is 4.98 Å². The summed E-state index contributed by atoms with van der Waals surface area (Å²) in [7, 11) is 0. The van der Waals surface area contributed by atoms with Crippen molar-refractivity contribution in [2.45, 2.75) is 65.0 Å². The molecule has 0 radical (unpaired) electrons. The fraction of sp³-hybridized carbons (Fsp3) is 0.462. The molecule has 174 valence electrons. The Morgan fingerprint density at radius 3 is 2.76 bits per heavy atom. The summed E-state index contributed by atoms with van der Waals surface area (Å²) in [5.41, 5.74) is 3.95. The molecule has 2 aliphatic rings. The highest BCUT2D eigenvalue weighted by Crippen LogP contribution is 2.31. The van der Waals surface area contributed by atoms with Crippen molar-refractivity contribution in [3.05, 3.63) is 58.3 Å². The molecule has 7 heteroatoms. The number of nitrogens with zero attached hydrogens (tertiary/aromatic N) is 3. The van der Waals surface area contributed by atoms with Crippen LogP contribution in [0.1, 0.15) is 52.9 Å². The van der Waals surface area contributed by atoms with E-state index >= 15 is 0 Å². The van der Waals surface area contributed by atoms with Crippen molar-refractivity contribution in [2.75, 3.05) is 17.2 Å². The molecular formula is C26H33N5O2. The van der Waals surface area contributed by atoms with E-state index in [9.17, 15) is 9.90 Å². The van der Waals surface area contributed by atoms with Gasteiger partial charge in [0.15, 0.2) is 0 Å². The molecule has 0 aromatic carbocycles. The first-order valence-electron chi connectivity index (χ1n) is 11.7. The Balaban J connectivity index is 1.72. The quantitative estimate of drug-likeness (QED) is 0.583. The maximum Gasteiger partial charge on any atom is 0.262 e. The molecule has 1 aliphatic heterocycles. The number of fused-ring (bicyclic) bond motifs is 1. The van der Waals surface area contributed by atoms with Gasteiger partial charge in [0.25, 0.3) is 5.56 Å². The number of aliphatic hydroxyl groups is 1. The molecule has 7 nitrogen and oxygen atoms in total. The fourth-order valence-electron chi connectivity index (χ4n) is 4.44. The summed E-state index contributed by atoms with van der Waals surface area (Å²) in [5.74, 6) is 2.37. The van der Waals surface area contributed by atoms with Gasteiger partial charge in [0.2, 0.25) is 0 Å². The van der Waals surface area contributed by atoms with Gasteiger partial charge >= 0.3 is 0 Å². The van der Waals surface area contributed by atoms with Gasteiger partial charge in [-0.25, -0.2) is 9.98 Å². The summed E-state index contributed by atoms with van der Waals surface area (Å²) in [6, 6.07) is 3.75. The number of anilines is 2. The third-order valence-electron chi connectivity index (χ3n) is 5.96. The van der Waals surface area contributed by atoms with Gasteiger partial charge in [-0.2, -0.15) is 0 Å². The van der Waals surface area contributed by atoms with Crippen molar-refractivity contribution in [1.29, 1.82) is 0 Å². The maximum absolute atomic E-state index is 13.1. The monoisotopic (exact) mass is 447 g/mol. The summed E-state index contributed by atoms with van der Waals surface area (Å²) in [6.07, 6.45) is 13.8. The molecule has 0 saturated heterocycles. The number of pyridine rings is 2. The summed E-state index contributed by atoms with van der Waals surface area (Å²) in [4.78, 5) is 22.4. The molecule has 0 bridgehead atoms. The molecular weight excluding hydrogens is 414 g/mol. The molecule has 3 heterocycles. The van der Waals surface area contributed by atoms with Crippen LogP contribution in [-0.2, 0) is 6.54 Å². The standard InChI is InChI=1S/C26H33N5O2/c1-26(2,3)30-24-23-20(11-13-31(14-15-32)25(23)33)17-22(29-24)28-21-16-19(10-7-12-27-21)18-8-5-4-6-9-18/h10-13,16-18,32H,4-6,8-9,14-15H2,1-3H3,(H2,27,28,29,30). The zero-order valence-corrected chi connectivity index (χ0v) is 19.7. The Morgan fingerprint density at radius 2 is 2.03 bits per heavy atom. The van der Waals surface area contributed by atoms with Gasteiger partial charge in [-0.15, -0.1) is 5.73 Å². The summed E-state index contributed by atoms with van der Waals surface area (Å²) in [6.45, 7) is 6.23. The highest BCUT2D eigenvalue weighted by atomic mass is 16.3. The van der Waals surface area contributed by atoms with Crippen molar-refractivity contribution in [3.8, 4) is 0 Å². The number of hydrogen-bond acceptors (Lipinski definition) is 6. The average Bonchev–Trinajstić information content (AvgIpc) is 3.01. The third kappa shape index (κ3) is 5.62. The molecule has 2 aromatic heterocycles. The van der Waals surface area contributed by atoms with Gasteiger partial charge in [0.1, 0.15) is 17.5 Å². The Hall–Kier alpha value is -3.15. The van der Waals surface area contributed by atoms with Gasteiger partial charge in [0, 0.05) is 18.3 Å².